The summed E-state index contributed by atoms with van der Waals surface area (Å²) in [5, 5.41) is 3.51. The van der Waals surface area contributed by atoms with Crippen LogP contribution < -0.4 is 5.32 Å². The topological polar surface area (TPSA) is 21.3 Å². The standard InChI is InChI=1S/C11H23NO/c1-10(2)5-6-12-8-11-4-3-7-13-9-11/h10-12H,3-9H2,1-2H3. The van der Waals surface area contributed by atoms with E-state index in [1.807, 2.05) is 0 Å². The molecule has 1 aliphatic heterocycles. The highest BCUT2D eigenvalue weighted by Crippen LogP contribution is 2.12. The molecule has 1 rings (SSSR count). The van der Waals surface area contributed by atoms with E-state index in [4.69, 9.17) is 4.74 Å². The van der Waals surface area contributed by atoms with Gasteiger partial charge in [0.05, 0.1) is 6.61 Å². The third-order valence-electron chi connectivity index (χ3n) is 2.59. The lowest BCUT2D eigenvalue weighted by Gasteiger charge is -2.22. The maximum Gasteiger partial charge on any atom is 0.0506 e. The fourth-order valence-corrected chi connectivity index (χ4v) is 1.67. The Morgan fingerprint density at radius 3 is 2.92 bits per heavy atom. The van der Waals surface area contributed by atoms with Crippen LogP contribution in [0.4, 0.5) is 0 Å². The van der Waals surface area contributed by atoms with Crippen LogP contribution in [0.2, 0.25) is 0 Å². The van der Waals surface area contributed by atoms with Crippen molar-refractivity contribution in [1.82, 2.24) is 5.32 Å². The van der Waals surface area contributed by atoms with Crippen LogP contribution in [-0.2, 0) is 4.74 Å². The van der Waals surface area contributed by atoms with Gasteiger partial charge in [-0.25, -0.2) is 0 Å². The third kappa shape index (κ3) is 5.27. The first-order chi connectivity index (χ1) is 6.29. The summed E-state index contributed by atoms with van der Waals surface area (Å²) in [5.41, 5.74) is 0. The van der Waals surface area contributed by atoms with Crippen LogP contribution in [0.25, 0.3) is 0 Å². The summed E-state index contributed by atoms with van der Waals surface area (Å²) in [6.07, 6.45) is 3.87. The molecule has 1 aliphatic rings. The molecule has 1 N–H and O–H groups in total. The molecule has 0 bridgehead atoms. The van der Waals surface area contributed by atoms with E-state index in [0.29, 0.717) is 0 Å². The highest BCUT2D eigenvalue weighted by Gasteiger charge is 2.12. The van der Waals surface area contributed by atoms with Crippen molar-refractivity contribution in [3.8, 4) is 0 Å². The Labute approximate surface area is 82.0 Å². The Hall–Kier alpha value is -0.0800. The summed E-state index contributed by atoms with van der Waals surface area (Å²) >= 11 is 0. The van der Waals surface area contributed by atoms with Crippen LogP contribution in [0.5, 0.6) is 0 Å². The molecule has 13 heavy (non-hydrogen) atoms. The van der Waals surface area contributed by atoms with Crippen molar-refractivity contribution in [2.24, 2.45) is 11.8 Å². The van der Waals surface area contributed by atoms with Gasteiger partial charge in [-0.3, -0.25) is 0 Å². The molecule has 1 saturated heterocycles. The van der Waals surface area contributed by atoms with Gasteiger partial charge in [0.1, 0.15) is 0 Å². The van der Waals surface area contributed by atoms with E-state index < -0.39 is 0 Å². The highest BCUT2D eigenvalue weighted by atomic mass is 16.5. The summed E-state index contributed by atoms with van der Waals surface area (Å²) in [5.74, 6) is 1.58. The minimum atomic E-state index is 0.765. The van der Waals surface area contributed by atoms with Gasteiger partial charge in [0.15, 0.2) is 0 Å². The average Bonchev–Trinajstić information content (AvgIpc) is 2.14. The van der Waals surface area contributed by atoms with Gasteiger partial charge >= 0.3 is 0 Å². The maximum atomic E-state index is 5.42. The molecule has 0 aliphatic carbocycles. The van der Waals surface area contributed by atoms with Crippen LogP contribution in [0.1, 0.15) is 33.1 Å². The summed E-state index contributed by atoms with van der Waals surface area (Å²) in [6, 6.07) is 0. The third-order valence-corrected chi connectivity index (χ3v) is 2.59. The molecule has 0 aromatic carbocycles. The Balaban J connectivity index is 1.92. The lowest BCUT2D eigenvalue weighted by Crippen LogP contribution is -2.30. The minimum Gasteiger partial charge on any atom is -0.381 e. The van der Waals surface area contributed by atoms with Gasteiger partial charge in [0.2, 0.25) is 0 Å². The van der Waals surface area contributed by atoms with Gasteiger partial charge in [-0.15, -0.1) is 0 Å². The second kappa shape index (κ2) is 6.39. The van der Waals surface area contributed by atoms with E-state index in [0.717, 1.165) is 38.1 Å². The SMILES string of the molecule is CC(C)CCNCC1CCCOC1. The predicted octanol–water partition coefficient (Wildman–Crippen LogP) is 2.05. The molecule has 0 aromatic heterocycles. The van der Waals surface area contributed by atoms with Crippen molar-refractivity contribution < 1.29 is 4.74 Å². The van der Waals surface area contributed by atoms with Gasteiger partial charge in [0, 0.05) is 13.2 Å². The van der Waals surface area contributed by atoms with Gasteiger partial charge in [0.25, 0.3) is 0 Å². The molecular weight excluding hydrogens is 162 g/mol. The molecule has 78 valence electrons. The Kier molecular flexibility index (Phi) is 5.40. The molecule has 2 heteroatoms. The molecule has 1 unspecified atom stereocenters. The van der Waals surface area contributed by atoms with Gasteiger partial charge in [-0.2, -0.15) is 0 Å². The molecule has 0 radical (unpaired) electrons. The molecule has 1 atom stereocenters. The first-order valence-corrected chi connectivity index (χ1v) is 5.57. The predicted molar refractivity (Wildman–Crippen MR) is 55.9 cm³/mol. The second-order valence-corrected chi connectivity index (χ2v) is 4.47. The van der Waals surface area contributed by atoms with Gasteiger partial charge < -0.3 is 10.1 Å². The quantitative estimate of drug-likeness (QED) is 0.662. The molecular formula is C11H23NO. The number of hydrogen-bond donors (Lipinski definition) is 1. The molecule has 0 saturated carbocycles. The van der Waals surface area contributed by atoms with Crippen molar-refractivity contribution in [2.75, 3.05) is 26.3 Å². The Bertz CT molecular complexity index is 119. The van der Waals surface area contributed by atoms with E-state index in [9.17, 15) is 0 Å². The van der Waals surface area contributed by atoms with E-state index in [1.165, 1.54) is 19.3 Å². The molecule has 0 aromatic rings. The molecule has 1 fully saturated rings. The number of ether oxygens (including phenoxy) is 1. The Morgan fingerprint density at radius 2 is 2.31 bits per heavy atom. The van der Waals surface area contributed by atoms with Crippen LogP contribution in [-0.4, -0.2) is 26.3 Å². The Morgan fingerprint density at radius 1 is 1.46 bits per heavy atom. The molecule has 2 nitrogen and oxygen atoms in total. The molecule has 1 heterocycles. The zero-order chi connectivity index (χ0) is 9.52. The van der Waals surface area contributed by atoms with Gasteiger partial charge in [-0.1, -0.05) is 13.8 Å². The average molecular weight is 185 g/mol. The summed E-state index contributed by atoms with van der Waals surface area (Å²) in [4.78, 5) is 0. The normalized spacial score (nSPS) is 23.8. The molecule has 0 amide bonds. The van der Waals surface area contributed by atoms with E-state index in [2.05, 4.69) is 19.2 Å². The monoisotopic (exact) mass is 185 g/mol. The summed E-state index contributed by atoms with van der Waals surface area (Å²) in [6.45, 7) is 8.79. The van der Waals surface area contributed by atoms with Crippen molar-refractivity contribution in [1.29, 1.82) is 0 Å². The van der Waals surface area contributed by atoms with Crippen molar-refractivity contribution in [3.63, 3.8) is 0 Å². The van der Waals surface area contributed by atoms with Crippen molar-refractivity contribution in [2.45, 2.75) is 33.1 Å². The van der Waals surface area contributed by atoms with Crippen molar-refractivity contribution >= 4 is 0 Å². The van der Waals surface area contributed by atoms with Crippen LogP contribution in [0, 0.1) is 11.8 Å². The van der Waals surface area contributed by atoms with Crippen LogP contribution in [0.3, 0.4) is 0 Å². The smallest absolute Gasteiger partial charge is 0.0506 e. The zero-order valence-electron chi connectivity index (χ0n) is 9.01. The first kappa shape index (κ1) is 11.0. The summed E-state index contributed by atoms with van der Waals surface area (Å²) < 4.78 is 5.42. The number of rotatable bonds is 5. The van der Waals surface area contributed by atoms with Crippen LogP contribution in [0.15, 0.2) is 0 Å². The van der Waals surface area contributed by atoms with Crippen molar-refractivity contribution in [3.05, 3.63) is 0 Å². The largest absolute Gasteiger partial charge is 0.381 e. The number of nitrogens with one attached hydrogen (secondary N) is 1. The van der Waals surface area contributed by atoms with E-state index >= 15 is 0 Å². The maximum absolute atomic E-state index is 5.42. The highest BCUT2D eigenvalue weighted by molar-refractivity contribution is 4.65. The lowest BCUT2D eigenvalue weighted by molar-refractivity contribution is 0.0548. The second-order valence-electron chi connectivity index (χ2n) is 4.47. The first-order valence-electron chi connectivity index (χ1n) is 5.57. The fraction of sp³-hybridized carbons (Fsp3) is 1.00. The summed E-state index contributed by atoms with van der Waals surface area (Å²) in [7, 11) is 0. The number of hydrogen-bond acceptors (Lipinski definition) is 2. The van der Waals surface area contributed by atoms with Gasteiger partial charge in [-0.05, 0) is 37.6 Å². The zero-order valence-corrected chi connectivity index (χ0v) is 9.01. The van der Waals surface area contributed by atoms with E-state index in [1.54, 1.807) is 0 Å². The lowest BCUT2D eigenvalue weighted by atomic mass is 10.0. The fourth-order valence-electron chi connectivity index (χ4n) is 1.67. The molecule has 0 spiro atoms. The minimum absolute atomic E-state index is 0.765. The van der Waals surface area contributed by atoms with Crippen LogP contribution >= 0.6 is 0 Å². The van der Waals surface area contributed by atoms with E-state index in [-0.39, 0.29) is 0 Å².